The van der Waals surface area contributed by atoms with Crippen LogP contribution in [0.1, 0.15) is 27.7 Å². The Hall–Kier alpha value is -3.96. The van der Waals surface area contributed by atoms with Crippen LogP contribution < -0.4 is 5.32 Å². The van der Waals surface area contributed by atoms with Crippen LogP contribution in [0.15, 0.2) is 84.9 Å². The first kappa shape index (κ1) is 20.0. The third-order valence-electron chi connectivity index (χ3n) is 5.77. The Kier molecular flexibility index (Phi) is 5.17. The third-order valence-corrected chi connectivity index (χ3v) is 5.77. The highest BCUT2D eigenvalue weighted by Crippen LogP contribution is 2.33. The predicted octanol–water partition coefficient (Wildman–Crippen LogP) is 5.15. The Morgan fingerprint density at radius 3 is 2.50 bits per heavy atom. The third kappa shape index (κ3) is 3.63. The van der Waals surface area contributed by atoms with Gasteiger partial charge >= 0.3 is 0 Å². The minimum Gasteiger partial charge on any atom is -0.387 e. The molecule has 0 aliphatic carbocycles. The average molecular weight is 422 g/mol. The Balaban J connectivity index is 1.56. The highest BCUT2D eigenvalue weighted by Gasteiger charge is 2.18. The number of amides is 1. The molecule has 0 aliphatic heterocycles. The SMILES string of the molecule is Cc1ccccc1-c1nc(C(=O)NCC(O)c2ccccc2)cc2c1[nH]c1ccccc12. The molecule has 3 aromatic carbocycles. The Labute approximate surface area is 185 Å². The normalized spacial score (nSPS) is 12.2. The van der Waals surface area contributed by atoms with Gasteiger partial charge in [-0.1, -0.05) is 72.8 Å². The summed E-state index contributed by atoms with van der Waals surface area (Å²) >= 11 is 0. The summed E-state index contributed by atoms with van der Waals surface area (Å²) in [6.07, 6.45) is -0.784. The van der Waals surface area contributed by atoms with Gasteiger partial charge in [0, 0.05) is 28.4 Å². The molecule has 0 fully saturated rings. The molecule has 0 bridgehead atoms. The first-order valence-corrected chi connectivity index (χ1v) is 10.6. The summed E-state index contributed by atoms with van der Waals surface area (Å²) in [4.78, 5) is 21.3. The minimum absolute atomic E-state index is 0.107. The number of H-pyrrole nitrogens is 1. The highest BCUT2D eigenvalue weighted by molar-refractivity contribution is 6.13. The maximum Gasteiger partial charge on any atom is 0.270 e. The molecule has 1 amide bonds. The second-order valence-electron chi connectivity index (χ2n) is 7.90. The van der Waals surface area contributed by atoms with Gasteiger partial charge < -0.3 is 15.4 Å². The molecule has 0 spiro atoms. The van der Waals surface area contributed by atoms with E-state index in [0.29, 0.717) is 5.69 Å². The summed E-state index contributed by atoms with van der Waals surface area (Å²) < 4.78 is 0. The summed E-state index contributed by atoms with van der Waals surface area (Å²) in [6, 6.07) is 27.2. The van der Waals surface area contributed by atoms with E-state index in [1.54, 1.807) is 0 Å². The van der Waals surface area contributed by atoms with Gasteiger partial charge in [0.2, 0.25) is 0 Å². The van der Waals surface area contributed by atoms with Gasteiger partial charge in [-0.25, -0.2) is 4.98 Å². The zero-order valence-electron chi connectivity index (χ0n) is 17.7. The molecule has 32 heavy (non-hydrogen) atoms. The molecule has 1 unspecified atom stereocenters. The van der Waals surface area contributed by atoms with Crippen molar-refractivity contribution >= 4 is 27.7 Å². The van der Waals surface area contributed by atoms with Crippen molar-refractivity contribution < 1.29 is 9.90 Å². The Bertz CT molecular complexity index is 1420. The molecule has 3 N–H and O–H groups in total. The fourth-order valence-corrected chi connectivity index (χ4v) is 4.07. The summed E-state index contributed by atoms with van der Waals surface area (Å²) in [5.74, 6) is -0.318. The molecule has 5 aromatic rings. The molecular formula is C27H23N3O2. The molecule has 5 rings (SSSR count). The van der Waals surface area contributed by atoms with E-state index in [9.17, 15) is 9.90 Å². The van der Waals surface area contributed by atoms with Gasteiger partial charge in [-0.15, -0.1) is 0 Å². The number of carbonyl (C=O) groups is 1. The van der Waals surface area contributed by atoms with Gasteiger partial charge in [-0.3, -0.25) is 4.79 Å². The number of fused-ring (bicyclic) bond motifs is 3. The molecule has 0 radical (unpaired) electrons. The van der Waals surface area contributed by atoms with Crippen LogP contribution in [-0.2, 0) is 0 Å². The van der Waals surface area contributed by atoms with Crippen molar-refractivity contribution in [3.05, 3.63) is 102 Å². The lowest BCUT2D eigenvalue weighted by Crippen LogP contribution is -2.29. The minimum atomic E-state index is -0.784. The molecule has 0 saturated heterocycles. The van der Waals surface area contributed by atoms with Crippen molar-refractivity contribution in [2.75, 3.05) is 6.54 Å². The lowest BCUT2D eigenvalue weighted by atomic mass is 10.0. The highest BCUT2D eigenvalue weighted by atomic mass is 16.3. The fourth-order valence-electron chi connectivity index (χ4n) is 4.07. The predicted molar refractivity (Wildman–Crippen MR) is 128 cm³/mol. The molecule has 2 heterocycles. The van der Waals surface area contributed by atoms with Crippen LogP contribution in [0, 0.1) is 6.92 Å². The molecule has 1 atom stereocenters. The van der Waals surface area contributed by atoms with E-state index in [4.69, 9.17) is 4.98 Å². The number of rotatable bonds is 5. The van der Waals surface area contributed by atoms with Gasteiger partial charge in [-0.2, -0.15) is 0 Å². The van der Waals surface area contributed by atoms with Gasteiger partial charge in [0.05, 0.1) is 17.3 Å². The van der Waals surface area contributed by atoms with Gasteiger partial charge in [0.15, 0.2) is 0 Å². The van der Waals surface area contributed by atoms with Crippen LogP contribution in [0.5, 0.6) is 0 Å². The van der Waals surface area contributed by atoms with Crippen molar-refractivity contribution in [1.29, 1.82) is 0 Å². The topological polar surface area (TPSA) is 78.0 Å². The summed E-state index contributed by atoms with van der Waals surface area (Å²) in [7, 11) is 0. The van der Waals surface area contributed by atoms with E-state index in [1.807, 2.05) is 91.9 Å². The number of nitrogens with zero attached hydrogens (tertiary/aromatic N) is 1. The molecule has 5 heteroatoms. The van der Waals surface area contributed by atoms with Crippen LogP contribution >= 0.6 is 0 Å². The van der Waals surface area contributed by atoms with E-state index >= 15 is 0 Å². The van der Waals surface area contributed by atoms with Gasteiger partial charge in [0.1, 0.15) is 5.69 Å². The smallest absolute Gasteiger partial charge is 0.270 e. The zero-order valence-corrected chi connectivity index (χ0v) is 17.7. The number of hydrogen-bond donors (Lipinski definition) is 3. The molecular weight excluding hydrogens is 398 g/mol. The van der Waals surface area contributed by atoms with Crippen molar-refractivity contribution in [1.82, 2.24) is 15.3 Å². The van der Waals surface area contributed by atoms with Crippen LogP contribution in [0.2, 0.25) is 0 Å². The standard InChI is InChI=1S/C27H23N3O2/c1-17-9-5-6-12-19(17)25-26-21(20-13-7-8-14-22(20)29-26)15-23(30-25)27(32)28-16-24(31)18-10-3-2-4-11-18/h2-15,24,29,31H,16H2,1H3,(H,28,32). The van der Waals surface area contributed by atoms with E-state index in [0.717, 1.165) is 44.2 Å². The van der Waals surface area contributed by atoms with Gasteiger partial charge in [0.25, 0.3) is 5.91 Å². The monoisotopic (exact) mass is 421 g/mol. The average Bonchev–Trinajstić information content (AvgIpc) is 3.21. The number of aliphatic hydroxyl groups is 1. The number of aryl methyl sites for hydroxylation is 1. The molecule has 2 aromatic heterocycles. The number of pyridine rings is 1. The number of benzene rings is 3. The number of aromatic nitrogens is 2. The number of para-hydroxylation sites is 1. The number of hydrogen-bond acceptors (Lipinski definition) is 3. The lowest BCUT2D eigenvalue weighted by Gasteiger charge is -2.13. The van der Waals surface area contributed by atoms with Crippen LogP contribution in [0.3, 0.4) is 0 Å². The Morgan fingerprint density at radius 2 is 1.69 bits per heavy atom. The number of nitrogens with one attached hydrogen (secondary N) is 2. The number of aromatic amines is 1. The second kappa shape index (κ2) is 8.29. The van der Waals surface area contributed by atoms with E-state index < -0.39 is 6.10 Å². The maximum absolute atomic E-state index is 13.1. The second-order valence-corrected chi connectivity index (χ2v) is 7.90. The van der Waals surface area contributed by atoms with Crippen LogP contribution in [-0.4, -0.2) is 27.5 Å². The molecule has 0 saturated carbocycles. The van der Waals surface area contributed by atoms with Crippen LogP contribution in [0.4, 0.5) is 0 Å². The summed E-state index contributed by atoms with van der Waals surface area (Å²) in [5, 5.41) is 15.2. The zero-order chi connectivity index (χ0) is 22.1. The first-order chi connectivity index (χ1) is 15.6. The summed E-state index contributed by atoms with van der Waals surface area (Å²) in [5.41, 5.74) is 5.78. The molecule has 0 aliphatic rings. The first-order valence-electron chi connectivity index (χ1n) is 10.6. The number of aliphatic hydroxyl groups excluding tert-OH is 1. The largest absolute Gasteiger partial charge is 0.387 e. The van der Waals surface area contributed by atoms with Crippen molar-refractivity contribution in [3.8, 4) is 11.3 Å². The van der Waals surface area contributed by atoms with Crippen molar-refractivity contribution in [2.45, 2.75) is 13.0 Å². The van der Waals surface area contributed by atoms with E-state index in [2.05, 4.69) is 10.3 Å². The Morgan fingerprint density at radius 1 is 0.969 bits per heavy atom. The van der Waals surface area contributed by atoms with E-state index in [-0.39, 0.29) is 12.5 Å². The van der Waals surface area contributed by atoms with Crippen molar-refractivity contribution in [2.24, 2.45) is 0 Å². The van der Waals surface area contributed by atoms with Crippen molar-refractivity contribution in [3.63, 3.8) is 0 Å². The quantitative estimate of drug-likeness (QED) is 0.367. The van der Waals surface area contributed by atoms with Crippen LogP contribution in [0.25, 0.3) is 33.1 Å². The fraction of sp³-hybridized carbons (Fsp3) is 0.111. The maximum atomic E-state index is 13.1. The summed E-state index contributed by atoms with van der Waals surface area (Å²) in [6.45, 7) is 2.14. The number of carbonyl (C=O) groups excluding carboxylic acids is 1. The molecule has 158 valence electrons. The van der Waals surface area contributed by atoms with E-state index in [1.165, 1.54) is 0 Å². The lowest BCUT2D eigenvalue weighted by molar-refractivity contribution is 0.0911. The van der Waals surface area contributed by atoms with Gasteiger partial charge in [-0.05, 0) is 30.2 Å². The molecule has 5 nitrogen and oxygen atoms in total.